The molecule has 0 aromatic carbocycles. The van der Waals surface area contributed by atoms with Crippen molar-refractivity contribution in [2.75, 3.05) is 78.5 Å². The summed E-state index contributed by atoms with van der Waals surface area (Å²) in [5.74, 6) is 0.424. The van der Waals surface area contributed by atoms with Gasteiger partial charge in [0.25, 0.3) is 0 Å². The number of nitrogens with two attached hydrogens (primary N) is 1. The van der Waals surface area contributed by atoms with Gasteiger partial charge in [0, 0.05) is 39.0 Å². The molecule has 9 rings (SSSR count). The van der Waals surface area contributed by atoms with Crippen molar-refractivity contribution >= 4 is 69.5 Å². The number of esters is 2. The van der Waals surface area contributed by atoms with Gasteiger partial charge in [-0.3, -0.25) is 14.1 Å². The Morgan fingerprint density at radius 2 is 0.750 bits per heavy atom. The van der Waals surface area contributed by atoms with Crippen molar-refractivity contribution in [2.24, 2.45) is 5.73 Å². The Labute approximate surface area is 762 Å². The molecule has 9 heterocycles. The second-order valence-corrected chi connectivity index (χ2v) is 45.5. The first kappa shape index (κ1) is 114. The van der Waals surface area contributed by atoms with E-state index < -0.39 is 123 Å². The van der Waals surface area contributed by atoms with Gasteiger partial charge in [-0.05, 0) is 162 Å². The molecule has 3 aromatic rings. The summed E-state index contributed by atoms with van der Waals surface area (Å²) in [5.41, 5.74) is 4.13. The summed E-state index contributed by atoms with van der Waals surface area (Å²) in [7, 11) is -17.1. The highest BCUT2D eigenvalue weighted by atomic mass is 32.3. The number of piperidine rings is 3. The molecule has 740 valence electrons. The number of fused-ring (bicyclic) bond motifs is 6. The van der Waals surface area contributed by atoms with Gasteiger partial charge in [-0.15, -0.1) is 34.9 Å². The van der Waals surface area contributed by atoms with E-state index in [1.165, 1.54) is 179 Å². The molecule has 3 aromatic heterocycles. The van der Waals surface area contributed by atoms with Crippen molar-refractivity contribution in [2.45, 2.75) is 395 Å². The van der Waals surface area contributed by atoms with Crippen molar-refractivity contribution in [1.29, 1.82) is 0 Å². The predicted molar refractivity (Wildman–Crippen MR) is 476 cm³/mol. The first-order valence-electron chi connectivity index (χ1n) is 46.0. The molecule has 0 spiro atoms. The van der Waals surface area contributed by atoms with Crippen molar-refractivity contribution in [3.63, 3.8) is 0 Å². The average molecular weight is 1900 g/mol. The monoisotopic (exact) mass is 1900 g/mol. The normalized spacial score (nSPS) is 19.9. The summed E-state index contributed by atoms with van der Waals surface area (Å²) in [5, 5.41) is 45.3. The number of amides is 6. The van der Waals surface area contributed by atoms with E-state index in [0.717, 1.165) is 0 Å². The molecule has 40 nitrogen and oxygen atoms in total. The summed E-state index contributed by atoms with van der Waals surface area (Å²) in [6, 6.07) is -5.54. The van der Waals surface area contributed by atoms with Gasteiger partial charge in [0.1, 0.15) is 29.3 Å². The van der Waals surface area contributed by atoms with Crippen LogP contribution in [0.15, 0.2) is 13.3 Å². The number of carbonyl (C=O) groups excluding carboxylic acids is 5. The molecule has 0 saturated carbocycles. The maximum Gasteiger partial charge on any atom is 0.418 e. The maximum absolute atomic E-state index is 12.7. The second kappa shape index (κ2) is 52.4. The van der Waals surface area contributed by atoms with Crippen LogP contribution in [0.25, 0.3) is 0 Å². The first-order valence-corrected chi connectivity index (χ1v) is 52.9. The number of carbonyl (C=O) groups is 5. The number of aliphatic hydroxyl groups is 2. The summed E-state index contributed by atoms with van der Waals surface area (Å²) in [6.45, 7) is 52.0. The molecule has 0 aliphatic carbocycles. The molecule has 6 saturated heterocycles. The Balaban J connectivity index is 0.000000347. The number of rotatable bonds is 48. The van der Waals surface area contributed by atoms with Gasteiger partial charge in [-0.1, -0.05) is 135 Å². The fraction of sp³-hybridized carbons (Fsp3) is 0.869. The van der Waals surface area contributed by atoms with E-state index in [2.05, 4.69) is 133 Å². The molecule has 6 fully saturated rings. The lowest BCUT2D eigenvalue weighted by molar-refractivity contribution is -0.929. The molecular weight excluding hydrogens is 1740 g/mol. The van der Waals surface area contributed by atoms with E-state index in [-0.39, 0.29) is 119 Å². The molecule has 9 atom stereocenters. The van der Waals surface area contributed by atoms with E-state index in [1.807, 2.05) is 20.8 Å². The number of hydrogen-bond donors (Lipinski definition) is 4. The van der Waals surface area contributed by atoms with E-state index >= 15 is 0 Å². The van der Waals surface area contributed by atoms with Crippen LogP contribution < -0.4 is 5.73 Å². The Morgan fingerprint density at radius 1 is 0.469 bits per heavy atom. The average Bonchev–Trinajstić information content (AvgIpc) is 1.63. The first-order chi connectivity index (χ1) is 59.3. The highest BCUT2D eigenvalue weighted by molar-refractivity contribution is 7.81. The zero-order valence-electron chi connectivity index (χ0n) is 79.1. The van der Waals surface area contributed by atoms with Gasteiger partial charge in [0.15, 0.2) is 8.32 Å². The summed E-state index contributed by atoms with van der Waals surface area (Å²) in [6.07, 6.45) is 23.7. The number of quaternary nitrogens is 2. The third kappa shape index (κ3) is 38.0. The zero-order valence-corrected chi connectivity index (χ0v) is 82.5. The molecule has 0 radical (unpaired) electrons. The fourth-order valence-corrected chi connectivity index (χ4v) is 18.5. The van der Waals surface area contributed by atoms with Gasteiger partial charge in [0.05, 0.1) is 108 Å². The van der Waals surface area contributed by atoms with Gasteiger partial charge in [0.2, 0.25) is 56.1 Å². The van der Waals surface area contributed by atoms with E-state index in [4.69, 9.17) is 37.4 Å². The quantitative estimate of drug-likeness (QED) is 0.0134. The van der Waals surface area contributed by atoms with E-state index in [9.17, 15) is 68.5 Å². The highest BCUT2D eigenvalue weighted by Gasteiger charge is 2.52. The van der Waals surface area contributed by atoms with Crippen LogP contribution in [-0.4, -0.2) is 283 Å². The topological polar surface area (TPSA) is 512 Å². The Hall–Kier alpha value is -6.24. The fourth-order valence-electron chi connectivity index (χ4n) is 15.9. The van der Waals surface area contributed by atoms with Gasteiger partial charge >= 0.3 is 40.4 Å². The molecular formula is C84H157N15O25S3Si. The Bertz CT molecular complexity index is 4070. The van der Waals surface area contributed by atoms with Gasteiger partial charge < -0.3 is 75.9 Å². The lowest BCUT2D eigenvalue weighted by Gasteiger charge is -2.39. The number of aromatic nitrogens is 6. The summed E-state index contributed by atoms with van der Waals surface area (Å²) < 4.78 is 146. The van der Waals surface area contributed by atoms with Crippen LogP contribution >= 0.6 is 0 Å². The number of nitrogens with zero attached hydrogens (tertiary/aromatic N) is 14. The molecule has 6 bridgehead atoms. The largest absolute Gasteiger partial charge is 0.724 e. The zero-order chi connectivity index (χ0) is 95.1. The Kier molecular flexibility index (Phi) is 46.7. The van der Waals surface area contributed by atoms with Crippen molar-refractivity contribution < 1.29 is 122 Å². The molecule has 5 N–H and O–H groups in total. The lowest BCUT2D eigenvalue weighted by Crippen LogP contribution is -2.50. The number of urea groups is 3. The van der Waals surface area contributed by atoms with Crippen LogP contribution in [-0.2, 0) is 86.8 Å². The van der Waals surface area contributed by atoms with E-state index in [1.54, 1.807) is 20.8 Å². The third-order valence-corrected chi connectivity index (χ3v) is 29.2. The number of hydrogen-bond acceptors (Lipinski definition) is 31. The van der Waals surface area contributed by atoms with E-state index in [0.29, 0.717) is 66.0 Å². The van der Waals surface area contributed by atoms with Gasteiger partial charge in [-0.2, -0.15) is 32.2 Å². The second-order valence-electron chi connectivity index (χ2n) is 37.8. The standard InChI is InChI=1S/C23H40N4O9SSi.C17H26N4O9S.2C16H36N.C11H17N5O7S.CH4/c1-22(2,3)34-19(28)12-10-16(35-38(7,8)23(4,5)6)13-18-24-25-20(33-18)17-11-9-15-14-26(17)21(29)27(15)36-37(30,31)32;1-17(2,3)29-14(23)7-5-11(22)8-13-18-19-15(28-13)12-6-4-10-9-20(12)16(24)21(10)30-31(25,26)27;2*1-5-9-13-17(14-10-6-2,15-11-7-3)16-12-8-4;12-4-7(17)3-9-13-14-10(22-9)8-2-1-6-5-15(8)11(18)16(6)23-24(19,20)21;/h15-17H,9-14H2,1-8H3,(H,30,31,32);10-12,22H,4-9H2,1-3H3,(H,25,26,27);2*5-16H2,1-4H3;6-8,17H,1-5,12H2,(H,19,20,21);1H4/q;;2*+1;;/p-2/t15-,16?,17+;10-,11?,12+;;;6-,7?,8+;/m11..1./s1. The third-order valence-electron chi connectivity index (χ3n) is 23.6. The van der Waals surface area contributed by atoms with Crippen LogP contribution in [0.3, 0.4) is 0 Å². The predicted octanol–water partition coefficient (Wildman–Crippen LogP) is 13.1. The van der Waals surface area contributed by atoms with Gasteiger partial charge in [-0.25, -0.2) is 31.2 Å². The molecule has 128 heavy (non-hydrogen) atoms. The summed E-state index contributed by atoms with van der Waals surface area (Å²) >= 11 is 0. The minimum atomic E-state index is -5.08. The van der Waals surface area contributed by atoms with Crippen LogP contribution in [0, 0.1) is 0 Å². The van der Waals surface area contributed by atoms with Crippen LogP contribution in [0.4, 0.5) is 14.4 Å². The van der Waals surface area contributed by atoms with Crippen LogP contribution in [0.2, 0.25) is 18.1 Å². The number of aliphatic hydroxyl groups excluding tert-OH is 2. The SMILES string of the molecule is C.CC(C)(C)OC(=O)CCC(Cc1nnc([C@@H]2CC[C@@H]3CN2C(=O)N3OS(=O)(=O)[O-])o1)O[Si](C)(C)C(C)(C)C.CC(C)(C)OC(=O)CCC(O)Cc1nnc([C@@H]2CC[C@@H]3CN2C(=O)N3OS(=O)(=O)[O-])o1.CCCC[N+](CCCC)(CCCC)CCCC.CCCC[N+](CCCC)(CCCC)CCCC.NCC(O)Cc1nnc([C@@H]2CC[C@@H]3CN2C(=O)N3OS(=O)(=O)O)o1. The number of ether oxygens (including phenoxy) is 2. The molecule has 6 aliphatic rings. The molecule has 6 aliphatic heterocycles. The van der Waals surface area contributed by atoms with Crippen molar-refractivity contribution in [3.05, 3.63) is 35.3 Å². The van der Waals surface area contributed by atoms with Crippen LogP contribution in [0.5, 0.6) is 0 Å². The molecule has 3 unspecified atom stereocenters. The maximum atomic E-state index is 12.7. The minimum Gasteiger partial charge on any atom is -0.724 e. The molecule has 44 heteroatoms. The Morgan fingerprint density at radius 3 is 1.02 bits per heavy atom. The van der Waals surface area contributed by atoms with Crippen molar-refractivity contribution in [3.8, 4) is 0 Å². The smallest absolute Gasteiger partial charge is 0.418 e. The number of hydroxylamine groups is 6. The van der Waals surface area contributed by atoms with Crippen LogP contribution in [0.1, 0.15) is 346 Å². The summed E-state index contributed by atoms with van der Waals surface area (Å²) in [4.78, 5) is 65.6. The lowest BCUT2D eigenvalue weighted by atomic mass is 10.0. The highest BCUT2D eigenvalue weighted by Crippen LogP contribution is 2.43. The minimum absolute atomic E-state index is 0. The molecule has 6 amide bonds. The number of unbranched alkanes of at least 4 members (excludes halogenated alkanes) is 8. The van der Waals surface area contributed by atoms with Crippen molar-refractivity contribution in [1.82, 2.24) is 60.5 Å².